The number of furan rings is 1. The molecule has 0 N–H and O–H groups in total. The predicted molar refractivity (Wildman–Crippen MR) is 253 cm³/mol. The summed E-state index contributed by atoms with van der Waals surface area (Å²) in [5.74, 6) is 0. The molecule has 276 valence electrons. The molecule has 0 radical (unpaired) electrons. The Morgan fingerprint density at radius 1 is 0.339 bits per heavy atom. The van der Waals surface area contributed by atoms with E-state index in [1.54, 1.807) is 0 Å². The van der Waals surface area contributed by atoms with Crippen molar-refractivity contribution in [2.75, 3.05) is 4.90 Å². The number of fused-ring (bicyclic) bond motifs is 9. The first-order chi connectivity index (χ1) is 29.3. The molecule has 0 aliphatic rings. The molecule has 2 heterocycles. The largest absolute Gasteiger partial charge is 0.456 e. The lowest BCUT2D eigenvalue weighted by atomic mass is 9.93. The van der Waals surface area contributed by atoms with E-state index in [-0.39, 0.29) is 0 Å². The fourth-order valence-corrected chi connectivity index (χ4v) is 10.4. The van der Waals surface area contributed by atoms with Crippen LogP contribution in [0.3, 0.4) is 0 Å². The van der Waals surface area contributed by atoms with E-state index in [1.807, 2.05) is 11.3 Å². The van der Waals surface area contributed by atoms with Crippen LogP contribution in [0, 0.1) is 0 Å². The molecule has 0 fully saturated rings. The summed E-state index contributed by atoms with van der Waals surface area (Å²) in [7, 11) is 0. The third-order valence-corrected chi connectivity index (χ3v) is 13.1. The first-order valence-corrected chi connectivity index (χ1v) is 20.9. The highest BCUT2D eigenvalue weighted by Gasteiger charge is 2.22. The molecule has 3 heteroatoms. The number of benzene rings is 10. The second kappa shape index (κ2) is 13.6. The van der Waals surface area contributed by atoms with E-state index in [4.69, 9.17) is 4.42 Å². The van der Waals surface area contributed by atoms with Crippen molar-refractivity contribution in [3.05, 3.63) is 212 Å². The quantitative estimate of drug-likeness (QED) is 0.167. The fourth-order valence-electron chi connectivity index (χ4n) is 9.15. The number of nitrogens with zero attached hydrogens (tertiary/aromatic N) is 1. The topological polar surface area (TPSA) is 16.4 Å². The lowest BCUT2D eigenvalue weighted by molar-refractivity contribution is 0.669. The number of rotatable bonds is 6. The average molecular weight is 770 g/mol. The van der Waals surface area contributed by atoms with Crippen LogP contribution in [0.1, 0.15) is 0 Å². The van der Waals surface area contributed by atoms with Crippen LogP contribution in [-0.2, 0) is 0 Å². The van der Waals surface area contributed by atoms with Gasteiger partial charge in [0.15, 0.2) is 0 Å². The predicted octanol–water partition coefficient (Wildman–Crippen LogP) is 16.7. The summed E-state index contributed by atoms with van der Waals surface area (Å²) in [6.07, 6.45) is 0. The van der Waals surface area contributed by atoms with Gasteiger partial charge in [-0.1, -0.05) is 158 Å². The maximum Gasteiger partial charge on any atom is 0.136 e. The van der Waals surface area contributed by atoms with Gasteiger partial charge in [0.25, 0.3) is 0 Å². The Labute approximate surface area is 345 Å². The Hall–Kier alpha value is -7.46. The summed E-state index contributed by atoms with van der Waals surface area (Å²) in [6, 6.07) is 76.8. The van der Waals surface area contributed by atoms with Gasteiger partial charge in [-0.2, -0.15) is 0 Å². The molecule has 0 aliphatic heterocycles. The van der Waals surface area contributed by atoms with Gasteiger partial charge in [0.1, 0.15) is 11.2 Å². The Morgan fingerprint density at radius 3 is 1.76 bits per heavy atom. The van der Waals surface area contributed by atoms with Gasteiger partial charge in [0.05, 0.1) is 5.69 Å². The Balaban J connectivity index is 1.05. The molecule has 0 saturated carbocycles. The molecule has 0 amide bonds. The van der Waals surface area contributed by atoms with Gasteiger partial charge in [-0.25, -0.2) is 0 Å². The van der Waals surface area contributed by atoms with Crippen LogP contribution in [0.2, 0.25) is 0 Å². The molecular formula is C56H35NOS. The van der Waals surface area contributed by atoms with E-state index in [0.717, 1.165) is 33.6 Å². The molecule has 10 aromatic carbocycles. The minimum Gasteiger partial charge on any atom is -0.456 e. The summed E-state index contributed by atoms with van der Waals surface area (Å²) in [5, 5.41) is 9.78. The number of anilines is 3. The van der Waals surface area contributed by atoms with Crippen molar-refractivity contribution >= 4 is 92.1 Å². The molecule has 0 unspecified atom stereocenters. The highest BCUT2D eigenvalue weighted by atomic mass is 32.1. The van der Waals surface area contributed by atoms with Crippen LogP contribution in [0.15, 0.2) is 217 Å². The van der Waals surface area contributed by atoms with Crippen molar-refractivity contribution in [1.82, 2.24) is 0 Å². The van der Waals surface area contributed by atoms with Gasteiger partial charge in [0.2, 0.25) is 0 Å². The maximum atomic E-state index is 6.61. The van der Waals surface area contributed by atoms with E-state index < -0.39 is 0 Å². The standard InChI is InChI=1S/C56H35NOS/c1-2-12-36(13-3-1)37-24-28-40(29-25-37)57(41-30-26-39(27-31-41)43-20-10-15-38-14-4-5-16-42(38)43)50-34-32-45(44-17-6-7-18-46(44)50)48-21-11-22-51-54(48)55-52(58-51)35-33-49-47-19-8-9-23-53(47)59-56(49)55/h1-35H. The second-order valence-electron chi connectivity index (χ2n) is 15.2. The van der Waals surface area contributed by atoms with Crippen molar-refractivity contribution in [2.24, 2.45) is 0 Å². The number of hydrogen-bond acceptors (Lipinski definition) is 3. The van der Waals surface area contributed by atoms with Crippen LogP contribution in [0.25, 0.3) is 97.0 Å². The van der Waals surface area contributed by atoms with E-state index in [1.165, 1.54) is 80.5 Å². The summed E-state index contributed by atoms with van der Waals surface area (Å²) in [4.78, 5) is 2.41. The lowest BCUT2D eigenvalue weighted by Crippen LogP contribution is -2.10. The minimum absolute atomic E-state index is 0.905. The maximum absolute atomic E-state index is 6.61. The number of thiophene rings is 1. The highest BCUT2D eigenvalue weighted by Crippen LogP contribution is 2.48. The molecule has 2 aromatic heterocycles. The molecule has 12 aromatic rings. The monoisotopic (exact) mass is 769 g/mol. The van der Waals surface area contributed by atoms with Crippen molar-refractivity contribution in [1.29, 1.82) is 0 Å². The van der Waals surface area contributed by atoms with Gasteiger partial charge in [0, 0.05) is 47.7 Å². The normalized spacial score (nSPS) is 11.7. The van der Waals surface area contributed by atoms with Gasteiger partial charge < -0.3 is 9.32 Å². The van der Waals surface area contributed by atoms with Crippen molar-refractivity contribution in [3.63, 3.8) is 0 Å². The average Bonchev–Trinajstić information content (AvgIpc) is 3.89. The minimum atomic E-state index is 0.905. The van der Waals surface area contributed by atoms with Crippen molar-refractivity contribution in [3.8, 4) is 33.4 Å². The van der Waals surface area contributed by atoms with Gasteiger partial charge in [-0.05, 0) is 104 Å². The molecule has 0 saturated heterocycles. The van der Waals surface area contributed by atoms with Gasteiger partial charge in [-0.15, -0.1) is 11.3 Å². The fraction of sp³-hybridized carbons (Fsp3) is 0. The van der Waals surface area contributed by atoms with Crippen molar-refractivity contribution in [2.45, 2.75) is 0 Å². The van der Waals surface area contributed by atoms with Crippen LogP contribution in [-0.4, -0.2) is 0 Å². The zero-order valence-electron chi connectivity index (χ0n) is 32.0. The molecule has 2 nitrogen and oxygen atoms in total. The second-order valence-corrected chi connectivity index (χ2v) is 16.2. The Morgan fingerprint density at radius 2 is 0.949 bits per heavy atom. The third kappa shape index (κ3) is 5.47. The smallest absolute Gasteiger partial charge is 0.136 e. The zero-order chi connectivity index (χ0) is 38.9. The van der Waals surface area contributed by atoms with E-state index >= 15 is 0 Å². The molecule has 0 bridgehead atoms. The van der Waals surface area contributed by atoms with Gasteiger partial charge >= 0.3 is 0 Å². The molecular weight excluding hydrogens is 735 g/mol. The summed E-state index contributed by atoms with van der Waals surface area (Å²) in [6.45, 7) is 0. The molecule has 0 spiro atoms. The van der Waals surface area contributed by atoms with Crippen LogP contribution in [0.5, 0.6) is 0 Å². The van der Waals surface area contributed by atoms with E-state index in [0.29, 0.717) is 0 Å². The summed E-state index contributed by atoms with van der Waals surface area (Å²) in [5.41, 5.74) is 12.3. The lowest BCUT2D eigenvalue weighted by Gasteiger charge is -2.28. The first kappa shape index (κ1) is 33.7. The third-order valence-electron chi connectivity index (χ3n) is 11.9. The Kier molecular flexibility index (Phi) is 7.75. The zero-order valence-corrected chi connectivity index (χ0v) is 32.8. The Bertz CT molecular complexity index is 3540. The van der Waals surface area contributed by atoms with Gasteiger partial charge in [-0.3, -0.25) is 0 Å². The van der Waals surface area contributed by atoms with E-state index in [2.05, 4.69) is 217 Å². The van der Waals surface area contributed by atoms with Crippen LogP contribution in [0.4, 0.5) is 17.1 Å². The summed E-state index contributed by atoms with van der Waals surface area (Å²) < 4.78 is 9.18. The SMILES string of the molecule is c1ccc(-c2ccc(N(c3ccc(-c4cccc5ccccc45)cc3)c3ccc(-c4cccc5oc6ccc7c8ccccc8sc7c6c45)c4ccccc34)cc2)cc1. The summed E-state index contributed by atoms with van der Waals surface area (Å²) >= 11 is 1.85. The van der Waals surface area contributed by atoms with Crippen LogP contribution < -0.4 is 4.90 Å². The van der Waals surface area contributed by atoms with Crippen LogP contribution >= 0.6 is 11.3 Å². The molecule has 0 atom stereocenters. The highest BCUT2D eigenvalue weighted by molar-refractivity contribution is 7.26. The van der Waals surface area contributed by atoms with E-state index in [9.17, 15) is 0 Å². The first-order valence-electron chi connectivity index (χ1n) is 20.1. The molecule has 0 aliphatic carbocycles. The molecule has 12 rings (SSSR count). The van der Waals surface area contributed by atoms with Crippen molar-refractivity contribution < 1.29 is 4.42 Å². The molecule has 59 heavy (non-hydrogen) atoms. The number of hydrogen-bond donors (Lipinski definition) is 0.